The highest BCUT2D eigenvalue weighted by Crippen LogP contribution is 2.25. The first-order valence-corrected chi connectivity index (χ1v) is 6.17. The monoisotopic (exact) mass is 264 g/mol. The molecule has 2 aromatic carbocycles. The summed E-state index contributed by atoms with van der Waals surface area (Å²) in [5, 5.41) is 0. The molecule has 0 radical (unpaired) electrons. The second-order valence-electron chi connectivity index (χ2n) is 4.71. The van der Waals surface area contributed by atoms with Gasteiger partial charge in [-0.15, -0.1) is 0 Å². The molecule has 0 aliphatic rings. The third kappa shape index (κ3) is 1.45. The molecular weight excluding hydrogens is 252 g/mol. The topological polar surface area (TPSA) is 87.7 Å². The maximum Gasteiger partial charge on any atom is 0.115 e. The van der Waals surface area contributed by atoms with Gasteiger partial charge < -0.3 is 11.7 Å². The molecule has 0 aliphatic heterocycles. The van der Waals surface area contributed by atoms with E-state index in [9.17, 15) is 0 Å². The van der Waals surface area contributed by atoms with Gasteiger partial charge in [-0.2, -0.15) is 0 Å². The van der Waals surface area contributed by atoms with Gasteiger partial charge in [0.2, 0.25) is 0 Å². The Labute approximate surface area is 114 Å². The highest BCUT2D eigenvalue weighted by molar-refractivity contribution is 5.86. The maximum atomic E-state index is 5.77. The molecule has 0 saturated heterocycles. The fourth-order valence-corrected chi connectivity index (χ4v) is 2.42. The number of hydrogen-bond donors (Lipinski definition) is 2. The van der Waals surface area contributed by atoms with Crippen molar-refractivity contribution in [1.29, 1.82) is 0 Å². The molecule has 0 fully saturated rings. The zero-order valence-corrected chi connectivity index (χ0v) is 10.6. The van der Waals surface area contributed by atoms with Crippen molar-refractivity contribution >= 4 is 22.1 Å². The third-order valence-electron chi connectivity index (χ3n) is 3.48. The minimum Gasteiger partial charge on any atom is -0.338 e. The quantitative estimate of drug-likeness (QED) is 0.510. The zero-order chi connectivity index (χ0) is 13.7. The lowest BCUT2D eigenvalue weighted by Crippen LogP contribution is -2.05. The van der Waals surface area contributed by atoms with E-state index >= 15 is 0 Å². The van der Waals surface area contributed by atoms with Crippen molar-refractivity contribution < 1.29 is 0 Å². The van der Waals surface area contributed by atoms with Gasteiger partial charge in [-0.1, -0.05) is 12.1 Å². The Morgan fingerprint density at radius 1 is 0.700 bits per heavy atom. The van der Waals surface area contributed by atoms with Crippen LogP contribution >= 0.6 is 0 Å². The molecule has 0 bridgehead atoms. The molecule has 0 aliphatic carbocycles. The van der Waals surface area contributed by atoms with Gasteiger partial charge in [0, 0.05) is 0 Å². The first kappa shape index (κ1) is 10.9. The lowest BCUT2D eigenvalue weighted by molar-refractivity contribution is 1.04. The van der Waals surface area contributed by atoms with Crippen molar-refractivity contribution in [3.63, 3.8) is 0 Å². The summed E-state index contributed by atoms with van der Waals surface area (Å²) in [5.74, 6) is 11.5. The molecule has 6 nitrogen and oxygen atoms in total. The van der Waals surface area contributed by atoms with Crippen LogP contribution in [0.4, 0.5) is 0 Å². The van der Waals surface area contributed by atoms with E-state index in [-0.39, 0.29) is 0 Å². The molecule has 2 heterocycles. The number of nitrogens with two attached hydrogens (primary N) is 2. The summed E-state index contributed by atoms with van der Waals surface area (Å²) in [6, 6.07) is 12.0. The van der Waals surface area contributed by atoms with Gasteiger partial charge in [0.25, 0.3) is 0 Å². The van der Waals surface area contributed by atoms with Crippen LogP contribution < -0.4 is 11.7 Å². The van der Waals surface area contributed by atoms with Gasteiger partial charge >= 0.3 is 0 Å². The Balaban J connectivity index is 1.91. The SMILES string of the molecule is Nn1cnc2cc(-c3ccc4c(c3)ncn4N)ccc21. The number of nitrogens with zero attached hydrogens (tertiary/aromatic N) is 4. The number of hydrogen-bond acceptors (Lipinski definition) is 4. The first-order valence-electron chi connectivity index (χ1n) is 6.17. The molecule has 0 amide bonds. The predicted octanol–water partition coefficient (Wildman–Crippen LogP) is 1.48. The van der Waals surface area contributed by atoms with E-state index in [0.717, 1.165) is 33.2 Å². The Kier molecular flexibility index (Phi) is 2.03. The molecule has 6 heteroatoms. The molecule has 0 spiro atoms. The second kappa shape index (κ2) is 3.74. The summed E-state index contributed by atoms with van der Waals surface area (Å²) in [4.78, 5) is 8.54. The minimum atomic E-state index is 0.870. The molecule has 0 atom stereocenters. The van der Waals surface area contributed by atoms with Crippen LogP contribution in [-0.2, 0) is 0 Å². The summed E-state index contributed by atoms with van der Waals surface area (Å²) in [6.07, 6.45) is 3.21. The molecule has 4 rings (SSSR count). The van der Waals surface area contributed by atoms with Crippen LogP contribution in [0.25, 0.3) is 33.2 Å². The Morgan fingerprint density at radius 2 is 1.15 bits per heavy atom. The predicted molar refractivity (Wildman–Crippen MR) is 78.8 cm³/mol. The van der Waals surface area contributed by atoms with Gasteiger partial charge in [-0.05, 0) is 35.4 Å². The molecule has 98 valence electrons. The highest BCUT2D eigenvalue weighted by atomic mass is 15.3. The Morgan fingerprint density at radius 3 is 1.60 bits per heavy atom. The van der Waals surface area contributed by atoms with Crippen LogP contribution in [0.5, 0.6) is 0 Å². The van der Waals surface area contributed by atoms with E-state index in [1.807, 2.05) is 36.4 Å². The fraction of sp³-hybridized carbons (Fsp3) is 0. The molecule has 0 unspecified atom stereocenters. The van der Waals surface area contributed by atoms with Gasteiger partial charge in [0.1, 0.15) is 12.7 Å². The van der Waals surface area contributed by atoms with Gasteiger partial charge in [-0.3, -0.25) is 0 Å². The molecule has 4 aromatic rings. The first-order chi connectivity index (χ1) is 9.72. The summed E-state index contributed by atoms with van der Waals surface area (Å²) in [5.41, 5.74) is 5.69. The van der Waals surface area contributed by atoms with Gasteiger partial charge in [-0.25, -0.2) is 19.3 Å². The van der Waals surface area contributed by atoms with Crippen LogP contribution in [0, 0.1) is 0 Å². The number of rotatable bonds is 1. The van der Waals surface area contributed by atoms with Crippen molar-refractivity contribution in [2.24, 2.45) is 0 Å². The Bertz CT molecular complexity index is 855. The van der Waals surface area contributed by atoms with Crippen molar-refractivity contribution in [3.05, 3.63) is 49.1 Å². The smallest absolute Gasteiger partial charge is 0.115 e. The van der Waals surface area contributed by atoms with Crippen molar-refractivity contribution in [2.75, 3.05) is 11.7 Å². The largest absolute Gasteiger partial charge is 0.338 e. The van der Waals surface area contributed by atoms with E-state index in [1.165, 1.54) is 9.35 Å². The number of aromatic nitrogens is 4. The minimum absolute atomic E-state index is 0.870. The van der Waals surface area contributed by atoms with Crippen LogP contribution in [0.3, 0.4) is 0 Å². The molecule has 0 saturated carbocycles. The van der Waals surface area contributed by atoms with Crippen LogP contribution in [0.15, 0.2) is 49.1 Å². The van der Waals surface area contributed by atoms with Gasteiger partial charge in [0.15, 0.2) is 0 Å². The normalized spacial score (nSPS) is 11.4. The summed E-state index contributed by atoms with van der Waals surface area (Å²) >= 11 is 0. The molecular formula is C14H12N6. The second-order valence-corrected chi connectivity index (χ2v) is 4.71. The molecule has 4 N–H and O–H groups in total. The van der Waals surface area contributed by atoms with E-state index in [4.69, 9.17) is 11.7 Å². The lowest BCUT2D eigenvalue weighted by Gasteiger charge is -2.03. The average Bonchev–Trinajstić information content (AvgIpc) is 3.03. The zero-order valence-electron chi connectivity index (χ0n) is 10.6. The van der Waals surface area contributed by atoms with Crippen molar-refractivity contribution in [3.8, 4) is 11.1 Å². The van der Waals surface area contributed by atoms with Gasteiger partial charge in [0.05, 0.1) is 22.1 Å². The molecule has 20 heavy (non-hydrogen) atoms. The summed E-state index contributed by atoms with van der Waals surface area (Å²) in [6.45, 7) is 0. The van der Waals surface area contributed by atoms with Crippen LogP contribution in [0.1, 0.15) is 0 Å². The average molecular weight is 264 g/mol. The van der Waals surface area contributed by atoms with Crippen molar-refractivity contribution in [1.82, 2.24) is 19.3 Å². The fourth-order valence-electron chi connectivity index (χ4n) is 2.42. The summed E-state index contributed by atoms with van der Waals surface area (Å²) in [7, 11) is 0. The van der Waals surface area contributed by atoms with Crippen molar-refractivity contribution in [2.45, 2.75) is 0 Å². The van der Waals surface area contributed by atoms with E-state index in [0.29, 0.717) is 0 Å². The van der Waals surface area contributed by atoms with E-state index < -0.39 is 0 Å². The highest BCUT2D eigenvalue weighted by Gasteiger charge is 2.06. The Hall–Kier alpha value is -3.02. The van der Waals surface area contributed by atoms with Crippen LogP contribution in [-0.4, -0.2) is 19.3 Å². The van der Waals surface area contributed by atoms with Crippen LogP contribution in [0.2, 0.25) is 0 Å². The number of imidazole rings is 2. The number of fused-ring (bicyclic) bond motifs is 2. The lowest BCUT2D eigenvalue weighted by atomic mass is 10.0. The number of nitrogen functional groups attached to an aromatic ring is 2. The maximum absolute atomic E-state index is 5.77. The van der Waals surface area contributed by atoms with E-state index in [1.54, 1.807) is 12.7 Å². The molecule has 2 aromatic heterocycles. The standard InChI is InChI=1S/C14H12N6/c15-19-7-17-11-5-9(1-3-13(11)19)10-2-4-14-12(6-10)18-8-20(14)16/h1-8H,15-16H2. The number of benzene rings is 2. The van der Waals surface area contributed by atoms with E-state index in [2.05, 4.69) is 9.97 Å². The third-order valence-corrected chi connectivity index (χ3v) is 3.48. The summed E-state index contributed by atoms with van der Waals surface area (Å²) < 4.78 is 3.02.